The Hall–Kier alpha value is -2.63. The fourth-order valence-corrected chi connectivity index (χ4v) is 5.09. The first-order valence-electron chi connectivity index (χ1n) is 10.6. The highest BCUT2D eigenvalue weighted by Gasteiger charge is 2.37. The maximum atomic E-state index is 13.0. The zero-order valence-corrected chi connectivity index (χ0v) is 16.8. The number of piperidine rings is 1. The van der Waals surface area contributed by atoms with Gasteiger partial charge in [0.2, 0.25) is 0 Å². The Balaban J connectivity index is 1.26. The first-order chi connectivity index (χ1) is 14.2. The number of carbonyl (C=O) groups excluding carboxylic acids is 1. The number of hydrogen-bond donors (Lipinski definition) is 3. The van der Waals surface area contributed by atoms with Crippen LogP contribution in [0.5, 0.6) is 0 Å². The first kappa shape index (κ1) is 18.4. The molecule has 0 aliphatic carbocycles. The number of benzene rings is 2. The molecule has 1 aromatic heterocycles. The van der Waals surface area contributed by atoms with Crippen LogP contribution in [0.3, 0.4) is 0 Å². The van der Waals surface area contributed by atoms with E-state index in [1.165, 1.54) is 11.1 Å². The zero-order chi connectivity index (χ0) is 19.8. The van der Waals surface area contributed by atoms with Crippen molar-refractivity contribution in [3.8, 4) is 0 Å². The number of H-pyrrole nitrogens is 1. The normalized spacial score (nSPS) is 23.0. The second-order valence-corrected chi connectivity index (χ2v) is 8.42. The molecule has 1 amide bonds. The molecule has 0 radical (unpaired) electrons. The number of aryl methyl sites for hydroxylation is 1. The molecule has 0 spiro atoms. The highest BCUT2D eigenvalue weighted by molar-refractivity contribution is 5.98. The standard InChI is InChI=1S/C24H28N4O/c1-16-4-2-3-5-20(16)21-15-26-27-23(21)18-9-12-28(13-10-18)24(29)19-7-6-17-8-11-25-22(17)14-19/h2-8,11,14,18,21,23,25-27H,9-10,12-13,15H2,1H3. The molecular formula is C24H28N4O. The third kappa shape index (κ3) is 3.45. The quantitative estimate of drug-likeness (QED) is 0.643. The Morgan fingerprint density at radius 3 is 2.72 bits per heavy atom. The van der Waals surface area contributed by atoms with Gasteiger partial charge in [0.1, 0.15) is 0 Å². The van der Waals surface area contributed by atoms with Crippen molar-refractivity contribution in [3.05, 3.63) is 71.4 Å². The number of fused-ring (bicyclic) bond motifs is 1. The SMILES string of the molecule is Cc1ccccc1C1CNNC1C1CCN(C(=O)c2ccc3cc[nH]c3c2)CC1. The number of aromatic amines is 1. The molecule has 5 heteroatoms. The van der Waals surface area contributed by atoms with Gasteiger partial charge in [0.15, 0.2) is 0 Å². The molecule has 3 heterocycles. The van der Waals surface area contributed by atoms with Crippen molar-refractivity contribution in [1.29, 1.82) is 0 Å². The van der Waals surface area contributed by atoms with E-state index in [4.69, 9.17) is 0 Å². The zero-order valence-electron chi connectivity index (χ0n) is 16.8. The molecule has 2 aromatic carbocycles. The number of nitrogens with one attached hydrogen (secondary N) is 3. The van der Waals surface area contributed by atoms with Gasteiger partial charge in [-0.1, -0.05) is 30.3 Å². The molecule has 0 bridgehead atoms. The fraction of sp³-hybridized carbons (Fsp3) is 0.375. The number of rotatable bonds is 3. The molecule has 2 atom stereocenters. The minimum atomic E-state index is 0.146. The van der Waals surface area contributed by atoms with Crippen LogP contribution in [0, 0.1) is 12.8 Å². The predicted molar refractivity (Wildman–Crippen MR) is 116 cm³/mol. The molecule has 3 aromatic rings. The van der Waals surface area contributed by atoms with Crippen LogP contribution in [-0.4, -0.2) is 41.5 Å². The molecule has 3 N–H and O–H groups in total. The third-order valence-electron chi connectivity index (χ3n) is 6.75. The van der Waals surface area contributed by atoms with E-state index in [9.17, 15) is 4.79 Å². The molecule has 2 aliphatic rings. The van der Waals surface area contributed by atoms with Gasteiger partial charge in [0, 0.05) is 48.9 Å². The van der Waals surface area contributed by atoms with Crippen LogP contribution < -0.4 is 10.9 Å². The number of hydrogen-bond acceptors (Lipinski definition) is 3. The van der Waals surface area contributed by atoms with E-state index in [1.54, 1.807) is 0 Å². The van der Waals surface area contributed by atoms with Gasteiger partial charge in [-0.3, -0.25) is 15.6 Å². The van der Waals surface area contributed by atoms with Gasteiger partial charge in [-0.2, -0.15) is 0 Å². The number of nitrogens with zero attached hydrogens (tertiary/aromatic N) is 1. The van der Waals surface area contributed by atoms with E-state index in [-0.39, 0.29) is 5.91 Å². The number of amides is 1. The van der Waals surface area contributed by atoms with E-state index >= 15 is 0 Å². The lowest BCUT2D eigenvalue weighted by atomic mass is 9.79. The Bertz CT molecular complexity index is 1020. The van der Waals surface area contributed by atoms with Gasteiger partial charge < -0.3 is 9.88 Å². The maximum Gasteiger partial charge on any atom is 0.253 e. The van der Waals surface area contributed by atoms with E-state index in [0.29, 0.717) is 17.9 Å². The topological polar surface area (TPSA) is 60.2 Å². The van der Waals surface area contributed by atoms with Crippen LogP contribution in [0.15, 0.2) is 54.7 Å². The summed E-state index contributed by atoms with van der Waals surface area (Å²) in [6, 6.07) is 17.1. The lowest BCUT2D eigenvalue weighted by Gasteiger charge is -2.36. The van der Waals surface area contributed by atoms with Crippen LogP contribution in [-0.2, 0) is 0 Å². The molecule has 2 fully saturated rings. The summed E-state index contributed by atoms with van der Waals surface area (Å²) in [4.78, 5) is 18.2. The monoisotopic (exact) mass is 388 g/mol. The molecular weight excluding hydrogens is 360 g/mol. The number of carbonyl (C=O) groups is 1. The summed E-state index contributed by atoms with van der Waals surface area (Å²) < 4.78 is 0. The Morgan fingerprint density at radius 2 is 1.90 bits per heavy atom. The van der Waals surface area contributed by atoms with Gasteiger partial charge in [0.25, 0.3) is 5.91 Å². The van der Waals surface area contributed by atoms with Gasteiger partial charge in [-0.15, -0.1) is 0 Å². The molecule has 2 unspecified atom stereocenters. The van der Waals surface area contributed by atoms with E-state index in [1.807, 2.05) is 35.4 Å². The molecule has 2 aliphatic heterocycles. The minimum absolute atomic E-state index is 0.146. The highest BCUT2D eigenvalue weighted by atomic mass is 16.2. The minimum Gasteiger partial charge on any atom is -0.361 e. The summed E-state index contributed by atoms with van der Waals surface area (Å²) in [5.41, 5.74) is 11.5. The molecule has 0 saturated carbocycles. The number of hydrazine groups is 1. The molecule has 150 valence electrons. The van der Waals surface area contributed by atoms with Crippen molar-refractivity contribution in [2.24, 2.45) is 5.92 Å². The van der Waals surface area contributed by atoms with Crippen LogP contribution in [0.2, 0.25) is 0 Å². The molecule has 5 nitrogen and oxygen atoms in total. The summed E-state index contributed by atoms with van der Waals surface area (Å²) in [7, 11) is 0. The van der Waals surface area contributed by atoms with Crippen molar-refractivity contribution < 1.29 is 4.79 Å². The second-order valence-electron chi connectivity index (χ2n) is 8.42. The van der Waals surface area contributed by atoms with Crippen LogP contribution in [0.1, 0.15) is 40.2 Å². The van der Waals surface area contributed by atoms with Crippen molar-refractivity contribution >= 4 is 16.8 Å². The van der Waals surface area contributed by atoms with E-state index < -0.39 is 0 Å². The smallest absolute Gasteiger partial charge is 0.253 e. The van der Waals surface area contributed by atoms with E-state index in [2.05, 4.69) is 47.0 Å². The maximum absolute atomic E-state index is 13.0. The van der Waals surface area contributed by atoms with E-state index in [0.717, 1.165) is 48.9 Å². The van der Waals surface area contributed by atoms with Crippen LogP contribution in [0.4, 0.5) is 0 Å². The van der Waals surface area contributed by atoms with Gasteiger partial charge in [-0.25, -0.2) is 0 Å². The van der Waals surface area contributed by atoms with Gasteiger partial charge in [0.05, 0.1) is 0 Å². The summed E-state index contributed by atoms with van der Waals surface area (Å²) >= 11 is 0. The number of aromatic nitrogens is 1. The van der Waals surface area contributed by atoms with Crippen molar-refractivity contribution in [2.45, 2.75) is 31.7 Å². The van der Waals surface area contributed by atoms with Crippen molar-refractivity contribution in [3.63, 3.8) is 0 Å². The average molecular weight is 389 g/mol. The predicted octanol–water partition coefficient (Wildman–Crippen LogP) is 3.59. The van der Waals surface area contributed by atoms with Crippen LogP contribution in [0.25, 0.3) is 10.9 Å². The molecule has 5 rings (SSSR count). The Morgan fingerprint density at radius 1 is 1.07 bits per heavy atom. The Labute approximate surface area is 171 Å². The average Bonchev–Trinajstić information content (AvgIpc) is 3.42. The summed E-state index contributed by atoms with van der Waals surface area (Å²) in [6.07, 6.45) is 3.99. The van der Waals surface area contributed by atoms with Crippen LogP contribution >= 0.6 is 0 Å². The van der Waals surface area contributed by atoms with Gasteiger partial charge >= 0.3 is 0 Å². The lowest BCUT2D eigenvalue weighted by Crippen LogP contribution is -2.45. The highest BCUT2D eigenvalue weighted by Crippen LogP contribution is 2.34. The fourth-order valence-electron chi connectivity index (χ4n) is 5.09. The molecule has 2 saturated heterocycles. The first-order valence-corrected chi connectivity index (χ1v) is 10.6. The summed E-state index contributed by atoms with van der Waals surface area (Å²) in [6.45, 7) is 4.81. The largest absolute Gasteiger partial charge is 0.361 e. The summed E-state index contributed by atoms with van der Waals surface area (Å²) in [5.74, 6) is 1.20. The van der Waals surface area contributed by atoms with Gasteiger partial charge in [-0.05, 0) is 60.4 Å². The Kier molecular flexibility index (Phi) is 4.86. The lowest BCUT2D eigenvalue weighted by molar-refractivity contribution is 0.0670. The van der Waals surface area contributed by atoms with Crippen molar-refractivity contribution in [1.82, 2.24) is 20.7 Å². The molecule has 29 heavy (non-hydrogen) atoms. The van der Waals surface area contributed by atoms with Crippen molar-refractivity contribution in [2.75, 3.05) is 19.6 Å². The second kappa shape index (κ2) is 7.65. The number of likely N-dealkylation sites (tertiary alicyclic amines) is 1. The third-order valence-corrected chi connectivity index (χ3v) is 6.75. The summed E-state index contributed by atoms with van der Waals surface area (Å²) in [5, 5.41) is 1.14.